The molecule has 2 heterocycles. The van der Waals surface area contributed by atoms with Crippen LogP contribution in [0.25, 0.3) is 10.9 Å². The number of hydrogen-bond donors (Lipinski definition) is 2. The zero-order chi connectivity index (χ0) is 13.2. The first-order valence-electron chi connectivity index (χ1n) is 6.69. The molecule has 2 N–H and O–H groups in total. The number of nitrogens with one attached hydrogen (secondary N) is 2. The fourth-order valence-corrected chi connectivity index (χ4v) is 2.84. The van der Waals surface area contributed by atoms with Crippen molar-refractivity contribution in [3.63, 3.8) is 0 Å². The summed E-state index contributed by atoms with van der Waals surface area (Å²) in [4.78, 5) is 14.4. The van der Waals surface area contributed by atoms with Crippen LogP contribution < -0.4 is 5.32 Å². The third kappa shape index (κ3) is 2.49. The summed E-state index contributed by atoms with van der Waals surface area (Å²) in [6.45, 7) is 2.38. The minimum atomic E-state index is -0.197. The normalized spacial score (nSPS) is 22.8. The van der Waals surface area contributed by atoms with Crippen molar-refractivity contribution in [1.29, 1.82) is 0 Å². The number of para-hydroxylation sites is 1. The maximum atomic E-state index is 11.1. The molecular formula is C15H18N2O2. The van der Waals surface area contributed by atoms with Gasteiger partial charge in [-0.3, -0.25) is 4.79 Å². The molecule has 4 nitrogen and oxygen atoms in total. The third-order valence-electron chi connectivity index (χ3n) is 3.72. The lowest BCUT2D eigenvalue weighted by Gasteiger charge is -2.19. The second-order valence-electron chi connectivity index (χ2n) is 5.06. The van der Waals surface area contributed by atoms with E-state index < -0.39 is 0 Å². The number of carbonyl (C=O) groups is 1. The highest BCUT2D eigenvalue weighted by molar-refractivity contribution is 5.83. The summed E-state index contributed by atoms with van der Waals surface area (Å²) >= 11 is 0. The number of rotatable bonds is 3. The van der Waals surface area contributed by atoms with E-state index in [9.17, 15) is 4.79 Å². The quantitative estimate of drug-likeness (QED) is 0.828. The predicted octanol–water partition coefficient (Wildman–Crippen LogP) is 2.00. The van der Waals surface area contributed by atoms with E-state index in [1.165, 1.54) is 17.9 Å². The fourth-order valence-electron chi connectivity index (χ4n) is 2.84. The first-order chi connectivity index (χ1) is 9.24. The average Bonchev–Trinajstić information content (AvgIpc) is 2.98. The number of fused-ring (bicyclic) bond motifs is 1. The largest absolute Gasteiger partial charge is 0.461 e. The molecule has 1 aromatic carbocycles. The van der Waals surface area contributed by atoms with Gasteiger partial charge in [-0.15, -0.1) is 0 Å². The molecule has 4 heteroatoms. The highest BCUT2D eigenvalue weighted by Crippen LogP contribution is 2.22. The molecule has 1 aliphatic heterocycles. The highest BCUT2D eigenvalue weighted by Gasteiger charge is 2.29. The Bertz CT molecular complexity index is 591. The van der Waals surface area contributed by atoms with E-state index in [0.29, 0.717) is 0 Å². The summed E-state index contributed by atoms with van der Waals surface area (Å²) in [5, 5.41) is 4.67. The predicted molar refractivity (Wildman–Crippen MR) is 74.0 cm³/mol. The van der Waals surface area contributed by atoms with E-state index in [4.69, 9.17) is 4.74 Å². The van der Waals surface area contributed by atoms with E-state index in [-0.39, 0.29) is 18.1 Å². The monoisotopic (exact) mass is 258 g/mol. The van der Waals surface area contributed by atoms with Crippen molar-refractivity contribution >= 4 is 16.9 Å². The van der Waals surface area contributed by atoms with Gasteiger partial charge in [0.2, 0.25) is 0 Å². The van der Waals surface area contributed by atoms with Gasteiger partial charge in [-0.25, -0.2) is 0 Å². The fraction of sp³-hybridized carbons (Fsp3) is 0.400. The van der Waals surface area contributed by atoms with Crippen LogP contribution in [0.1, 0.15) is 18.9 Å². The van der Waals surface area contributed by atoms with Crippen LogP contribution in [0.3, 0.4) is 0 Å². The molecule has 0 aliphatic carbocycles. The molecule has 2 aromatic rings. The number of aromatic amines is 1. The van der Waals surface area contributed by atoms with Gasteiger partial charge in [0.25, 0.3) is 0 Å². The van der Waals surface area contributed by atoms with E-state index in [2.05, 4.69) is 28.6 Å². The Morgan fingerprint density at radius 3 is 3.11 bits per heavy atom. The van der Waals surface area contributed by atoms with Crippen LogP contribution in [0.4, 0.5) is 0 Å². The lowest BCUT2D eigenvalue weighted by atomic mass is 10.0. The zero-order valence-electron chi connectivity index (χ0n) is 11.0. The van der Waals surface area contributed by atoms with Crippen LogP contribution in [0.15, 0.2) is 30.5 Å². The molecule has 19 heavy (non-hydrogen) atoms. The molecule has 2 atom stereocenters. The molecule has 1 fully saturated rings. The van der Waals surface area contributed by atoms with Gasteiger partial charge in [0.15, 0.2) is 0 Å². The van der Waals surface area contributed by atoms with Crippen LogP contribution in [0.2, 0.25) is 0 Å². The molecular weight excluding hydrogens is 240 g/mol. The van der Waals surface area contributed by atoms with Gasteiger partial charge in [-0.2, -0.15) is 0 Å². The standard InChI is InChI=1S/C15H18N2O2/c1-10(18)19-15-6-7-16-14(15)8-11-9-17-13-5-3-2-4-12(11)13/h2-5,9,14-17H,6-8H2,1H3. The van der Waals surface area contributed by atoms with Crippen molar-refractivity contribution in [3.05, 3.63) is 36.0 Å². The van der Waals surface area contributed by atoms with E-state index in [1.54, 1.807) is 0 Å². The van der Waals surface area contributed by atoms with Gasteiger partial charge in [0, 0.05) is 30.1 Å². The van der Waals surface area contributed by atoms with Crippen molar-refractivity contribution in [1.82, 2.24) is 10.3 Å². The Labute approximate surface area is 112 Å². The van der Waals surface area contributed by atoms with E-state index in [0.717, 1.165) is 24.9 Å². The molecule has 1 saturated heterocycles. The SMILES string of the molecule is CC(=O)OC1CCNC1Cc1c[nH]c2ccccc12. The summed E-state index contributed by atoms with van der Waals surface area (Å²) in [7, 11) is 0. The lowest BCUT2D eigenvalue weighted by Crippen LogP contribution is -2.35. The summed E-state index contributed by atoms with van der Waals surface area (Å²) in [6, 6.07) is 8.48. The van der Waals surface area contributed by atoms with Crippen molar-refractivity contribution < 1.29 is 9.53 Å². The third-order valence-corrected chi connectivity index (χ3v) is 3.72. The van der Waals surface area contributed by atoms with E-state index >= 15 is 0 Å². The Morgan fingerprint density at radius 1 is 1.42 bits per heavy atom. The topological polar surface area (TPSA) is 54.1 Å². The second kappa shape index (κ2) is 5.05. The van der Waals surface area contributed by atoms with Crippen molar-refractivity contribution in [2.75, 3.05) is 6.54 Å². The van der Waals surface area contributed by atoms with Gasteiger partial charge >= 0.3 is 5.97 Å². The number of hydrogen-bond acceptors (Lipinski definition) is 3. The Kier molecular flexibility index (Phi) is 3.25. The number of carbonyl (C=O) groups excluding carboxylic acids is 1. The van der Waals surface area contributed by atoms with Crippen LogP contribution >= 0.6 is 0 Å². The molecule has 2 unspecified atom stereocenters. The van der Waals surface area contributed by atoms with Crippen LogP contribution in [0.5, 0.6) is 0 Å². The van der Waals surface area contributed by atoms with Crippen molar-refractivity contribution in [2.24, 2.45) is 0 Å². The molecule has 1 aromatic heterocycles. The van der Waals surface area contributed by atoms with E-state index in [1.807, 2.05) is 12.1 Å². The van der Waals surface area contributed by atoms with Gasteiger partial charge < -0.3 is 15.0 Å². The smallest absolute Gasteiger partial charge is 0.302 e. The van der Waals surface area contributed by atoms with Gasteiger partial charge in [0.1, 0.15) is 6.10 Å². The maximum Gasteiger partial charge on any atom is 0.302 e. The minimum Gasteiger partial charge on any atom is -0.461 e. The molecule has 0 amide bonds. The second-order valence-corrected chi connectivity index (χ2v) is 5.06. The first-order valence-corrected chi connectivity index (χ1v) is 6.69. The number of esters is 1. The summed E-state index contributed by atoms with van der Waals surface area (Å²) in [6.07, 6.45) is 3.82. The Hall–Kier alpha value is -1.81. The van der Waals surface area contributed by atoms with Crippen LogP contribution in [-0.4, -0.2) is 29.6 Å². The molecule has 0 saturated carbocycles. The molecule has 1 aliphatic rings. The first kappa shape index (κ1) is 12.2. The summed E-state index contributed by atoms with van der Waals surface area (Å²) in [5.41, 5.74) is 2.42. The maximum absolute atomic E-state index is 11.1. The van der Waals surface area contributed by atoms with Gasteiger partial charge in [-0.1, -0.05) is 18.2 Å². The number of benzene rings is 1. The molecule has 3 rings (SSSR count). The van der Waals surface area contributed by atoms with Gasteiger partial charge in [-0.05, 0) is 31.0 Å². The number of aromatic nitrogens is 1. The highest BCUT2D eigenvalue weighted by atomic mass is 16.5. The minimum absolute atomic E-state index is 0.00818. The van der Waals surface area contributed by atoms with Crippen molar-refractivity contribution in [3.8, 4) is 0 Å². The van der Waals surface area contributed by atoms with Crippen molar-refractivity contribution in [2.45, 2.75) is 31.9 Å². The lowest BCUT2D eigenvalue weighted by molar-refractivity contribution is -0.146. The molecule has 0 radical (unpaired) electrons. The number of ether oxygens (including phenoxy) is 1. The Morgan fingerprint density at radius 2 is 2.26 bits per heavy atom. The Balaban J connectivity index is 1.78. The van der Waals surface area contributed by atoms with Gasteiger partial charge in [0.05, 0.1) is 0 Å². The molecule has 100 valence electrons. The van der Waals surface area contributed by atoms with Crippen LogP contribution in [0, 0.1) is 0 Å². The molecule has 0 spiro atoms. The number of H-pyrrole nitrogens is 1. The van der Waals surface area contributed by atoms with Crippen LogP contribution in [-0.2, 0) is 16.0 Å². The summed E-state index contributed by atoms with van der Waals surface area (Å²) < 4.78 is 5.37. The summed E-state index contributed by atoms with van der Waals surface area (Å²) in [5.74, 6) is -0.197. The zero-order valence-corrected chi connectivity index (χ0v) is 11.0. The molecule has 0 bridgehead atoms. The average molecular weight is 258 g/mol.